The highest BCUT2D eigenvalue weighted by atomic mass is 16.5. The van der Waals surface area contributed by atoms with Crippen LogP contribution >= 0.6 is 0 Å². The highest BCUT2D eigenvalue weighted by molar-refractivity contribution is 5.89. The molecule has 1 fully saturated rings. The molecule has 1 aliphatic heterocycles. The molecule has 0 saturated carbocycles. The van der Waals surface area contributed by atoms with E-state index in [2.05, 4.69) is 15.4 Å². The number of nitrogens with one attached hydrogen (secondary N) is 1. The summed E-state index contributed by atoms with van der Waals surface area (Å²) in [5.74, 6) is 1.06. The van der Waals surface area contributed by atoms with E-state index in [1.165, 1.54) is 6.92 Å². The summed E-state index contributed by atoms with van der Waals surface area (Å²) >= 11 is 0. The molecule has 1 amide bonds. The number of nitrogens with zero attached hydrogens (tertiary/aromatic N) is 4. The van der Waals surface area contributed by atoms with Gasteiger partial charge in [0.15, 0.2) is 16.4 Å². The van der Waals surface area contributed by atoms with Crippen molar-refractivity contribution in [1.29, 1.82) is 0 Å². The van der Waals surface area contributed by atoms with Crippen LogP contribution in [0, 0.1) is 4.91 Å². The number of hydrogen-bond acceptors (Lipinski definition) is 6. The number of phenolic OH excluding ortho intramolecular Hbond substituents is 1. The van der Waals surface area contributed by atoms with E-state index in [4.69, 9.17) is 4.52 Å². The highest BCUT2D eigenvalue weighted by Gasteiger charge is 2.29. The Kier molecular flexibility index (Phi) is 6.36. The molecule has 0 bridgehead atoms. The quantitative estimate of drug-likeness (QED) is 0.378. The van der Waals surface area contributed by atoms with Crippen LogP contribution in [0.25, 0.3) is 22.5 Å². The molecule has 9 heteroatoms. The van der Waals surface area contributed by atoms with Gasteiger partial charge in [0.25, 0.3) is 5.69 Å². The number of aromatic hydroxyl groups is 1. The van der Waals surface area contributed by atoms with Crippen molar-refractivity contribution in [2.24, 2.45) is 0 Å². The van der Waals surface area contributed by atoms with Gasteiger partial charge in [-0.1, -0.05) is 47.6 Å². The normalized spacial score (nSPS) is 13.5. The standard InChI is InChI=1S/C27H25N5O4/c1-19(33)28-21-12-10-20(11-13-21)23-8-5-9-24(27(23)34)25-18-26(29-36-25)30-14-16-31(17-15-30)32(35)22-6-3-2-4-7-22/h2-13,18H,14-17H2,1H3,(H-,28,29,33,34)/p+1. The number of amides is 1. The van der Waals surface area contributed by atoms with Gasteiger partial charge in [0.05, 0.1) is 23.6 Å². The van der Waals surface area contributed by atoms with E-state index in [1.54, 1.807) is 41.4 Å². The Hall–Kier alpha value is -4.66. The lowest BCUT2D eigenvalue weighted by Gasteiger charge is -2.29. The predicted octanol–water partition coefficient (Wildman–Crippen LogP) is 4.82. The molecule has 182 valence electrons. The van der Waals surface area contributed by atoms with Gasteiger partial charge in [-0.3, -0.25) is 4.79 Å². The van der Waals surface area contributed by atoms with E-state index in [1.807, 2.05) is 42.5 Å². The average Bonchev–Trinajstić information content (AvgIpc) is 3.39. The Balaban J connectivity index is 1.29. The van der Waals surface area contributed by atoms with E-state index in [-0.39, 0.29) is 11.7 Å². The van der Waals surface area contributed by atoms with E-state index < -0.39 is 0 Å². The number of phenols is 1. The van der Waals surface area contributed by atoms with E-state index in [0.29, 0.717) is 60.3 Å². The summed E-state index contributed by atoms with van der Waals surface area (Å²) in [4.78, 5) is 26.9. The van der Waals surface area contributed by atoms with Gasteiger partial charge >= 0.3 is 0 Å². The molecule has 36 heavy (non-hydrogen) atoms. The largest absolute Gasteiger partial charge is 0.507 e. The van der Waals surface area contributed by atoms with Gasteiger partial charge in [0, 0.05) is 49.5 Å². The first-order valence-electron chi connectivity index (χ1n) is 11.7. The van der Waals surface area contributed by atoms with Gasteiger partial charge in [-0.2, -0.15) is 0 Å². The first-order chi connectivity index (χ1) is 17.5. The molecular weight excluding hydrogens is 458 g/mol. The fourth-order valence-electron chi connectivity index (χ4n) is 4.28. The van der Waals surface area contributed by atoms with Crippen LogP contribution in [0.3, 0.4) is 0 Å². The van der Waals surface area contributed by atoms with Crippen LogP contribution in [0.1, 0.15) is 6.92 Å². The third-order valence-electron chi connectivity index (χ3n) is 6.13. The summed E-state index contributed by atoms with van der Waals surface area (Å²) in [6.45, 7) is 3.79. The van der Waals surface area contributed by atoms with Crippen LogP contribution in [0.15, 0.2) is 83.4 Å². The van der Waals surface area contributed by atoms with E-state index in [9.17, 15) is 14.8 Å². The molecule has 2 N–H and O–H groups in total. The van der Waals surface area contributed by atoms with Gasteiger partial charge in [0.2, 0.25) is 5.91 Å². The maximum Gasteiger partial charge on any atom is 0.292 e. The van der Waals surface area contributed by atoms with Crippen molar-refractivity contribution in [2.75, 3.05) is 36.4 Å². The van der Waals surface area contributed by atoms with Crippen molar-refractivity contribution >= 4 is 23.1 Å². The van der Waals surface area contributed by atoms with Crippen LogP contribution in [-0.2, 0) is 4.79 Å². The third kappa shape index (κ3) is 4.76. The molecule has 0 aliphatic carbocycles. The number of para-hydroxylation sites is 2. The number of hydrogen-bond donors (Lipinski definition) is 2. The number of piperazine rings is 1. The maximum absolute atomic E-state index is 12.6. The monoisotopic (exact) mass is 484 g/mol. The SMILES string of the molecule is CC(=O)Nc1ccc(-c2cccc(-c3cc(N4CCN([N+](=O)c5ccccc5)CC4)no3)c2O)cc1. The molecule has 5 rings (SSSR count). The molecule has 0 atom stereocenters. The minimum Gasteiger partial charge on any atom is -0.507 e. The minimum absolute atomic E-state index is 0.0853. The first kappa shape index (κ1) is 23.1. The number of anilines is 2. The molecular formula is C27H26N5O4+. The number of rotatable bonds is 6. The van der Waals surface area contributed by atoms with Gasteiger partial charge in [-0.15, -0.1) is 5.01 Å². The Bertz CT molecular complexity index is 1380. The molecule has 0 spiro atoms. The lowest BCUT2D eigenvalue weighted by Crippen LogP contribution is -2.48. The topological polar surface area (TPSA) is 102 Å². The fraction of sp³-hybridized carbons (Fsp3) is 0.185. The number of carbonyl (C=O) groups excluding carboxylic acids is 1. The maximum atomic E-state index is 12.6. The molecule has 2 heterocycles. The second-order valence-corrected chi connectivity index (χ2v) is 8.56. The molecule has 0 unspecified atom stereocenters. The summed E-state index contributed by atoms with van der Waals surface area (Å²) in [6.07, 6.45) is 0. The Morgan fingerprint density at radius 1 is 0.944 bits per heavy atom. The molecule has 1 aliphatic rings. The number of carbonyl (C=O) groups is 1. The van der Waals surface area contributed by atoms with Crippen LogP contribution in [0.2, 0.25) is 0 Å². The third-order valence-corrected chi connectivity index (χ3v) is 6.13. The second-order valence-electron chi connectivity index (χ2n) is 8.56. The van der Waals surface area contributed by atoms with Gasteiger partial charge in [-0.05, 0) is 23.8 Å². The van der Waals surface area contributed by atoms with Crippen molar-refractivity contribution in [3.63, 3.8) is 0 Å². The van der Waals surface area contributed by atoms with Crippen LogP contribution in [-0.4, -0.2) is 52.2 Å². The number of aromatic nitrogens is 1. The summed E-state index contributed by atoms with van der Waals surface area (Å²) in [6, 6.07) is 23.7. The summed E-state index contributed by atoms with van der Waals surface area (Å²) < 4.78 is 5.60. The zero-order valence-electron chi connectivity index (χ0n) is 19.8. The fourth-order valence-corrected chi connectivity index (χ4v) is 4.28. The number of hydrazine groups is 1. The van der Waals surface area contributed by atoms with Gasteiger partial charge < -0.3 is 19.8 Å². The van der Waals surface area contributed by atoms with E-state index >= 15 is 0 Å². The van der Waals surface area contributed by atoms with Crippen molar-refractivity contribution in [3.8, 4) is 28.2 Å². The summed E-state index contributed by atoms with van der Waals surface area (Å²) in [5.41, 5.74) is 3.27. The highest BCUT2D eigenvalue weighted by Crippen LogP contribution is 2.39. The lowest BCUT2D eigenvalue weighted by molar-refractivity contribution is -0.642. The van der Waals surface area contributed by atoms with Crippen molar-refractivity contribution in [3.05, 3.63) is 83.8 Å². The molecule has 9 nitrogen and oxygen atoms in total. The second kappa shape index (κ2) is 9.91. The summed E-state index contributed by atoms with van der Waals surface area (Å²) in [7, 11) is 0. The number of nitroso groups, excluding NO2 is 1. The number of benzene rings is 3. The Labute approximate surface area is 208 Å². The van der Waals surface area contributed by atoms with Crippen LogP contribution in [0.4, 0.5) is 17.2 Å². The molecule has 4 aromatic rings. The van der Waals surface area contributed by atoms with Crippen LogP contribution in [0.5, 0.6) is 5.75 Å². The molecule has 3 aromatic carbocycles. The van der Waals surface area contributed by atoms with Crippen LogP contribution < -0.4 is 10.2 Å². The molecule has 1 aromatic heterocycles. The molecule has 1 saturated heterocycles. The zero-order chi connectivity index (χ0) is 25.1. The summed E-state index contributed by atoms with van der Waals surface area (Å²) in [5, 5.41) is 19.7. The first-order valence-corrected chi connectivity index (χ1v) is 11.7. The van der Waals surface area contributed by atoms with Crippen molar-refractivity contribution in [1.82, 2.24) is 10.2 Å². The van der Waals surface area contributed by atoms with Gasteiger partial charge in [-0.25, -0.2) is 0 Å². The smallest absolute Gasteiger partial charge is 0.292 e. The Morgan fingerprint density at radius 3 is 2.33 bits per heavy atom. The van der Waals surface area contributed by atoms with Crippen molar-refractivity contribution in [2.45, 2.75) is 6.92 Å². The Morgan fingerprint density at radius 2 is 1.64 bits per heavy atom. The zero-order valence-corrected chi connectivity index (χ0v) is 19.8. The van der Waals surface area contributed by atoms with Crippen molar-refractivity contribution < 1.29 is 19.3 Å². The van der Waals surface area contributed by atoms with Gasteiger partial charge in [0.1, 0.15) is 5.75 Å². The predicted molar refractivity (Wildman–Crippen MR) is 137 cm³/mol. The average molecular weight is 485 g/mol. The molecule has 0 radical (unpaired) electrons. The minimum atomic E-state index is -0.142. The lowest BCUT2D eigenvalue weighted by atomic mass is 10.00. The van der Waals surface area contributed by atoms with E-state index in [0.717, 1.165) is 10.4 Å².